The van der Waals surface area contributed by atoms with Crippen molar-refractivity contribution >= 4 is 6.16 Å². The molecule has 0 saturated heterocycles. The van der Waals surface area contributed by atoms with Crippen LogP contribution in [-0.2, 0) is 15.1 Å². The highest BCUT2D eigenvalue weighted by atomic mass is 16.7. The summed E-state index contributed by atoms with van der Waals surface area (Å²) in [5.41, 5.74) is 2.87. The van der Waals surface area contributed by atoms with Crippen LogP contribution in [0, 0.1) is 0 Å². The first-order valence-electron chi connectivity index (χ1n) is 7.73. The van der Waals surface area contributed by atoms with Crippen LogP contribution in [0.25, 0.3) is 0 Å². The van der Waals surface area contributed by atoms with E-state index < -0.39 is 11.8 Å². The van der Waals surface area contributed by atoms with Gasteiger partial charge in [0.05, 0.1) is 0 Å². The maximum absolute atomic E-state index is 12.0. The Morgan fingerprint density at radius 3 is 2.95 bits per heavy atom. The Kier molecular flexibility index (Phi) is 3.75. The first-order valence-corrected chi connectivity index (χ1v) is 7.73. The molecule has 3 rings (SSSR count). The van der Waals surface area contributed by atoms with Crippen molar-refractivity contribution in [3.63, 3.8) is 0 Å². The normalized spacial score (nSPS) is 26.6. The van der Waals surface area contributed by atoms with Gasteiger partial charge in [-0.1, -0.05) is 43.7 Å². The van der Waals surface area contributed by atoms with Crippen LogP contribution in [-0.4, -0.2) is 12.8 Å². The molecule has 0 unspecified atom stereocenters. The number of benzene rings is 1. The second kappa shape index (κ2) is 5.55. The van der Waals surface area contributed by atoms with Crippen LogP contribution in [0.1, 0.15) is 56.1 Å². The van der Waals surface area contributed by atoms with E-state index in [4.69, 9.17) is 9.47 Å². The van der Waals surface area contributed by atoms with Gasteiger partial charge in [0.25, 0.3) is 0 Å². The van der Waals surface area contributed by atoms with Crippen LogP contribution in [0.5, 0.6) is 0 Å². The van der Waals surface area contributed by atoms with Gasteiger partial charge >= 0.3 is 6.16 Å². The number of rotatable bonds is 3. The van der Waals surface area contributed by atoms with Crippen LogP contribution in [0.2, 0.25) is 0 Å². The van der Waals surface area contributed by atoms with E-state index >= 15 is 0 Å². The van der Waals surface area contributed by atoms with Crippen molar-refractivity contribution in [2.75, 3.05) is 6.61 Å². The minimum atomic E-state index is -0.570. The molecule has 0 aromatic heterocycles. The van der Waals surface area contributed by atoms with Crippen molar-refractivity contribution in [3.8, 4) is 0 Å². The third-order valence-electron chi connectivity index (χ3n) is 4.60. The van der Waals surface area contributed by atoms with Crippen molar-refractivity contribution < 1.29 is 14.3 Å². The summed E-state index contributed by atoms with van der Waals surface area (Å²) < 4.78 is 11.0. The standard InChI is InChI=1S/C18H22O3/c1-13(2)12-20-17(19)21-18-11-7-3-4-9-15(18)14-8-5-6-10-16(14)18/h5-6,8,10,15H,1,3-4,7,9,11-12H2,2H3/t15-,18+/m1/s1. The van der Waals surface area contributed by atoms with Gasteiger partial charge in [-0.2, -0.15) is 0 Å². The lowest BCUT2D eigenvalue weighted by atomic mass is 9.62. The molecule has 2 aliphatic rings. The molecule has 0 spiro atoms. The fraction of sp³-hybridized carbons (Fsp3) is 0.500. The van der Waals surface area contributed by atoms with E-state index in [1.165, 1.54) is 24.0 Å². The van der Waals surface area contributed by atoms with Gasteiger partial charge in [-0.3, -0.25) is 0 Å². The summed E-state index contributed by atoms with van der Waals surface area (Å²) in [6.07, 6.45) is 4.92. The third-order valence-corrected chi connectivity index (χ3v) is 4.60. The van der Waals surface area contributed by atoms with E-state index in [9.17, 15) is 4.79 Å². The molecule has 21 heavy (non-hydrogen) atoms. The van der Waals surface area contributed by atoms with E-state index in [1.807, 2.05) is 13.0 Å². The van der Waals surface area contributed by atoms with E-state index in [-0.39, 0.29) is 6.61 Å². The van der Waals surface area contributed by atoms with E-state index in [2.05, 4.69) is 24.8 Å². The van der Waals surface area contributed by atoms with Gasteiger partial charge in [0.2, 0.25) is 0 Å². The van der Waals surface area contributed by atoms with Gasteiger partial charge < -0.3 is 9.47 Å². The number of fused-ring (bicyclic) bond motifs is 4. The molecule has 0 radical (unpaired) electrons. The van der Waals surface area contributed by atoms with Gasteiger partial charge in [0.1, 0.15) is 12.2 Å². The lowest BCUT2D eigenvalue weighted by molar-refractivity contribution is -0.0749. The van der Waals surface area contributed by atoms with Crippen LogP contribution in [0.4, 0.5) is 4.79 Å². The lowest BCUT2D eigenvalue weighted by Gasteiger charge is -2.49. The molecule has 0 heterocycles. The second-order valence-corrected chi connectivity index (χ2v) is 6.23. The average Bonchev–Trinajstić information content (AvgIpc) is 2.64. The Morgan fingerprint density at radius 1 is 1.33 bits per heavy atom. The Labute approximate surface area is 125 Å². The van der Waals surface area contributed by atoms with Crippen molar-refractivity contribution in [3.05, 3.63) is 47.5 Å². The maximum Gasteiger partial charge on any atom is 0.509 e. The molecule has 0 bridgehead atoms. The average molecular weight is 286 g/mol. The van der Waals surface area contributed by atoms with Crippen LogP contribution in [0.15, 0.2) is 36.4 Å². The SMILES string of the molecule is C=C(C)COC(=O)O[C@@]12CCCCC[C@@H]1c1ccccc12. The monoisotopic (exact) mass is 286 g/mol. The highest BCUT2D eigenvalue weighted by molar-refractivity contribution is 5.63. The van der Waals surface area contributed by atoms with Crippen LogP contribution >= 0.6 is 0 Å². The fourth-order valence-electron chi connectivity index (χ4n) is 3.70. The van der Waals surface area contributed by atoms with Crippen molar-refractivity contribution in [2.24, 2.45) is 0 Å². The molecule has 3 nitrogen and oxygen atoms in total. The minimum absolute atomic E-state index is 0.223. The first-order chi connectivity index (χ1) is 10.1. The smallest absolute Gasteiger partial charge is 0.430 e. The van der Waals surface area contributed by atoms with Crippen LogP contribution in [0.3, 0.4) is 0 Å². The molecule has 1 saturated carbocycles. The molecule has 0 amide bonds. The second-order valence-electron chi connectivity index (χ2n) is 6.23. The highest BCUT2D eigenvalue weighted by Gasteiger charge is 2.55. The van der Waals surface area contributed by atoms with E-state index in [0.717, 1.165) is 24.8 Å². The number of carbonyl (C=O) groups excluding carboxylic acids is 1. The number of hydrogen-bond donors (Lipinski definition) is 0. The zero-order chi connectivity index (χ0) is 14.9. The van der Waals surface area contributed by atoms with E-state index in [0.29, 0.717) is 5.92 Å². The summed E-state index contributed by atoms with van der Waals surface area (Å²) in [4.78, 5) is 12.0. The number of ether oxygens (including phenoxy) is 2. The highest BCUT2D eigenvalue weighted by Crippen LogP contribution is 2.58. The van der Waals surface area contributed by atoms with Gasteiger partial charge in [-0.25, -0.2) is 4.79 Å². The lowest BCUT2D eigenvalue weighted by Crippen LogP contribution is -2.46. The summed E-state index contributed by atoms with van der Waals surface area (Å²) in [6.45, 7) is 5.79. The molecule has 3 heteroatoms. The van der Waals surface area contributed by atoms with Gasteiger partial charge in [-0.15, -0.1) is 0 Å². The largest absolute Gasteiger partial charge is 0.509 e. The van der Waals surface area contributed by atoms with Crippen molar-refractivity contribution in [1.82, 2.24) is 0 Å². The third kappa shape index (κ3) is 2.45. The predicted molar refractivity (Wildman–Crippen MR) is 81.2 cm³/mol. The molecule has 112 valence electrons. The molecule has 2 atom stereocenters. The molecule has 1 fully saturated rings. The van der Waals surface area contributed by atoms with Gasteiger partial charge in [-0.05, 0) is 42.9 Å². The summed E-state index contributed by atoms with van der Waals surface area (Å²) in [5, 5.41) is 0. The maximum atomic E-state index is 12.0. The molecule has 2 aliphatic carbocycles. The van der Waals surface area contributed by atoms with Crippen molar-refractivity contribution in [2.45, 2.75) is 50.5 Å². The molecule has 0 aliphatic heterocycles. The Bertz CT molecular complexity index is 563. The summed E-state index contributed by atoms with van der Waals surface area (Å²) in [5.74, 6) is 0.327. The van der Waals surface area contributed by atoms with E-state index in [1.54, 1.807) is 0 Å². The minimum Gasteiger partial charge on any atom is -0.430 e. The summed E-state index contributed by atoms with van der Waals surface area (Å²) in [6, 6.07) is 8.33. The Balaban J connectivity index is 1.82. The number of hydrogen-bond acceptors (Lipinski definition) is 3. The van der Waals surface area contributed by atoms with Crippen LogP contribution < -0.4 is 0 Å². The fourth-order valence-corrected chi connectivity index (χ4v) is 3.70. The topological polar surface area (TPSA) is 35.5 Å². The molecule has 0 N–H and O–H groups in total. The predicted octanol–water partition coefficient (Wildman–Crippen LogP) is 4.67. The number of carbonyl (C=O) groups is 1. The zero-order valence-electron chi connectivity index (χ0n) is 12.6. The molecular formula is C18H22O3. The molecule has 1 aromatic rings. The molecule has 1 aromatic carbocycles. The van der Waals surface area contributed by atoms with Crippen molar-refractivity contribution in [1.29, 1.82) is 0 Å². The zero-order valence-corrected chi connectivity index (χ0v) is 12.6. The first kappa shape index (κ1) is 14.2. The quantitative estimate of drug-likeness (QED) is 0.598. The Morgan fingerprint density at radius 2 is 2.14 bits per heavy atom. The van der Waals surface area contributed by atoms with Gasteiger partial charge in [0, 0.05) is 5.92 Å². The summed E-state index contributed by atoms with van der Waals surface area (Å²) in [7, 11) is 0. The Hall–Kier alpha value is -1.77. The molecular weight excluding hydrogens is 264 g/mol. The summed E-state index contributed by atoms with van der Waals surface area (Å²) >= 11 is 0. The van der Waals surface area contributed by atoms with Gasteiger partial charge in [0.15, 0.2) is 0 Å².